The Morgan fingerprint density at radius 1 is 1.15 bits per heavy atom. The van der Waals surface area contributed by atoms with Gasteiger partial charge in [-0.3, -0.25) is 24.1 Å². The molecule has 0 spiro atoms. The Bertz CT molecular complexity index is 1220. The van der Waals surface area contributed by atoms with Crippen LogP contribution in [0.4, 0.5) is 4.79 Å². The number of phenolic OH excluding ortho intramolecular Hbond substituents is 1. The molecule has 0 bridgehead atoms. The summed E-state index contributed by atoms with van der Waals surface area (Å²) in [4.78, 5) is 74.5. The third-order valence-corrected chi connectivity index (χ3v) is 6.84. The monoisotopic (exact) mass is 563 g/mol. The van der Waals surface area contributed by atoms with Crippen LogP contribution in [0.2, 0.25) is 0 Å². The number of benzene rings is 1. The second kappa shape index (κ2) is 11.8. The Morgan fingerprint density at radius 2 is 1.79 bits per heavy atom. The van der Waals surface area contributed by atoms with Gasteiger partial charge in [-0.2, -0.15) is 0 Å². The average Bonchev–Trinajstić information content (AvgIpc) is 2.82. The summed E-state index contributed by atoms with van der Waals surface area (Å²) >= 11 is 1.16. The van der Waals surface area contributed by atoms with Crippen LogP contribution in [0.3, 0.4) is 0 Å². The molecule has 1 aromatic rings. The first-order valence-corrected chi connectivity index (χ1v) is 12.9. The fourth-order valence-electron chi connectivity index (χ4n) is 3.85. The van der Waals surface area contributed by atoms with Crippen LogP contribution >= 0.6 is 11.8 Å². The molecule has 1 aromatic carbocycles. The topological polar surface area (TPSA) is 189 Å². The van der Waals surface area contributed by atoms with Crippen molar-refractivity contribution in [3.05, 3.63) is 41.1 Å². The minimum Gasteiger partial charge on any atom is -0.508 e. The number of ether oxygens (including phenoxy) is 2. The number of rotatable bonds is 9. The number of amides is 3. The number of aliphatic carboxylic acids is 1. The van der Waals surface area contributed by atoms with E-state index in [9.17, 15) is 39.0 Å². The number of nitrogens with one attached hydrogen (secondary N) is 2. The lowest BCUT2D eigenvalue weighted by molar-refractivity contribution is -0.151. The van der Waals surface area contributed by atoms with Gasteiger partial charge in [0.2, 0.25) is 5.91 Å². The van der Waals surface area contributed by atoms with Crippen molar-refractivity contribution in [3.63, 3.8) is 0 Å². The summed E-state index contributed by atoms with van der Waals surface area (Å²) in [6.45, 7) is 5.76. The number of carboxylic acid groups (broad SMARTS) is 1. The summed E-state index contributed by atoms with van der Waals surface area (Å²) in [5.74, 6) is -4.06. The highest BCUT2D eigenvalue weighted by Crippen LogP contribution is 2.40. The number of ketones is 1. The zero-order chi connectivity index (χ0) is 29.1. The molecule has 2 aliphatic rings. The smallest absolute Gasteiger partial charge is 0.408 e. The van der Waals surface area contributed by atoms with Gasteiger partial charge >= 0.3 is 18.0 Å². The highest BCUT2D eigenvalue weighted by atomic mass is 32.2. The zero-order valence-corrected chi connectivity index (χ0v) is 22.5. The van der Waals surface area contributed by atoms with Crippen molar-refractivity contribution in [2.24, 2.45) is 0 Å². The number of carboxylic acids is 1. The molecule has 0 aliphatic carbocycles. The van der Waals surface area contributed by atoms with E-state index < -0.39 is 71.7 Å². The molecule has 210 valence electrons. The number of phenols is 1. The molecule has 2 aliphatic heterocycles. The number of carbonyl (C=O) groups is 6. The molecule has 1 saturated heterocycles. The number of carbonyl (C=O) groups excluding carboxylic acids is 5. The normalized spacial score (nSPS) is 19.3. The average molecular weight is 564 g/mol. The second-order valence-corrected chi connectivity index (χ2v) is 11.0. The minimum absolute atomic E-state index is 0.0608. The number of hydrogen-bond acceptors (Lipinski definition) is 10. The maximum atomic E-state index is 13.3. The predicted octanol–water partition coefficient (Wildman–Crippen LogP) is 1.22. The Kier molecular flexibility index (Phi) is 8.89. The molecule has 2 heterocycles. The van der Waals surface area contributed by atoms with Gasteiger partial charge in [0.15, 0.2) is 0 Å². The molecule has 3 rings (SSSR count). The lowest BCUT2D eigenvalue weighted by Gasteiger charge is -2.49. The van der Waals surface area contributed by atoms with E-state index in [-0.39, 0.29) is 22.8 Å². The van der Waals surface area contributed by atoms with Crippen molar-refractivity contribution in [1.29, 1.82) is 0 Å². The number of alkyl carbamates (subject to hydrolysis) is 1. The SMILES string of the molecule is CC(=O)CC(=O)OCC1=C(C(=O)O)N2C(=O)[C@@H](NC(=O)C(NC(=O)OC(C)(C)C)c3ccc(O)cc3)[C@@H]2SC1. The van der Waals surface area contributed by atoms with E-state index in [0.29, 0.717) is 5.56 Å². The standard InChI is InChI=1S/C25H29N3O10S/c1-12(29)9-16(31)37-10-14-11-39-22-18(21(33)28(22)19(14)23(34)35)26-20(32)17(13-5-7-15(30)8-6-13)27-24(36)38-25(2,3)4/h5-8,17-18,22,30H,9-11H2,1-4H3,(H,26,32)(H,27,36)(H,34,35)/t17?,18-,22+/m1/s1. The van der Waals surface area contributed by atoms with E-state index in [1.54, 1.807) is 20.8 Å². The molecule has 4 N–H and O–H groups in total. The van der Waals surface area contributed by atoms with Crippen LogP contribution < -0.4 is 10.6 Å². The summed E-state index contributed by atoms with van der Waals surface area (Å²) in [5, 5.41) is 23.6. The molecule has 14 heteroatoms. The van der Waals surface area contributed by atoms with Gasteiger partial charge in [0.25, 0.3) is 5.91 Å². The number of esters is 1. The Balaban J connectivity index is 1.76. The van der Waals surface area contributed by atoms with Gasteiger partial charge in [0.05, 0.1) is 0 Å². The van der Waals surface area contributed by atoms with Gasteiger partial charge in [-0.1, -0.05) is 12.1 Å². The van der Waals surface area contributed by atoms with Crippen LogP contribution in [-0.2, 0) is 33.4 Å². The van der Waals surface area contributed by atoms with E-state index in [1.807, 2.05) is 0 Å². The van der Waals surface area contributed by atoms with Crippen LogP contribution in [0.5, 0.6) is 5.75 Å². The molecule has 3 atom stereocenters. The summed E-state index contributed by atoms with van der Waals surface area (Å²) < 4.78 is 10.2. The number of Topliss-reactive ketones (excluding diaryl/α,β-unsaturated/α-hetero) is 1. The summed E-state index contributed by atoms with van der Waals surface area (Å²) in [6, 6.07) is 3.11. The first-order chi connectivity index (χ1) is 18.2. The Labute approximate surface area is 227 Å². The molecule has 13 nitrogen and oxygen atoms in total. The molecule has 0 aromatic heterocycles. The number of fused-ring (bicyclic) bond motifs is 1. The van der Waals surface area contributed by atoms with Crippen LogP contribution in [0.1, 0.15) is 45.7 Å². The molecule has 0 radical (unpaired) electrons. The van der Waals surface area contributed by atoms with Crippen molar-refractivity contribution in [2.75, 3.05) is 12.4 Å². The number of aromatic hydroxyl groups is 1. The van der Waals surface area contributed by atoms with E-state index in [0.717, 1.165) is 16.7 Å². The van der Waals surface area contributed by atoms with Crippen LogP contribution in [0, 0.1) is 0 Å². The van der Waals surface area contributed by atoms with Crippen LogP contribution in [-0.4, -0.2) is 80.1 Å². The van der Waals surface area contributed by atoms with Gasteiger partial charge in [0.1, 0.15) is 53.3 Å². The molecular weight excluding hydrogens is 534 g/mol. The molecule has 1 fully saturated rings. The molecule has 3 amide bonds. The van der Waals surface area contributed by atoms with E-state index in [4.69, 9.17) is 9.47 Å². The Hall–Kier alpha value is -4.07. The van der Waals surface area contributed by atoms with Crippen LogP contribution in [0.25, 0.3) is 0 Å². The first-order valence-electron chi connectivity index (χ1n) is 11.8. The number of hydrogen-bond donors (Lipinski definition) is 4. The van der Waals surface area contributed by atoms with Gasteiger partial charge in [-0.05, 0) is 45.4 Å². The van der Waals surface area contributed by atoms with Crippen molar-refractivity contribution >= 4 is 47.4 Å². The highest BCUT2D eigenvalue weighted by Gasteiger charge is 2.54. The zero-order valence-electron chi connectivity index (χ0n) is 21.7. The summed E-state index contributed by atoms with van der Waals surface area (Å²) in [6.07, 6.45) is -1.34. The van der Waals surface area contributed by atoms with E-state index in [2.05, 4.69) is 10.6 Å². The molecule has 39 heavy (non-hydrogen) atoms. The van der Waals surface area contributed by atoms with E-state index >= 15 is 0 Å². The van der Waals surface area contributed by atoms with Crippen molar-refractivity contribution in [1.82, 2.24) is 15.5 Å². The lowest BCUT2D eigenvalue weighted by Crippen LogP contribution is -2.71. The highest BCUT2D eigenvalue weighted by molar-refractivity contribution is 8.00. The van der Waals surface area contributed by atoms with Gasteiger partial charge < -0.3 is 30.3 Å². The van der Waals surface area contributed by atoms with Crippen molar-refractivity contribution in [2.45, 2.75) is 57.2 Å². The van der Waals surface area contributed by atoms with E-state index in [1.165, 1.54) is 31.2 Å². The lowest BCUT2D eigenvalue weighted by atomic mass is 10.0. The maximum absolute atomic E-state index is 13.3. The third kappa shape index (κ3) is 7.28. The summed E-state index contributed by atoms with van der Waals surface area (Å²) in [7, 11) is 0. The molecular formula is C25H29N3O10S. The summed E-state index contributed by atoms with van der Waals surface area (Å²) in [5.41, 5.74) is -0.725. The van der Waals surface area contributed by atoms with Gasteiger partial charge in [-0.15, -0.1) is 11.8 Å². The molecule has 1 unspecified atom stereocenters. The third-order valence-electron chi connectivity index (χ3n) is 5.50. The van der Waals surface area contributed by atoms with Crippen molar-refractivity contribution < 1.29 is 48.5 Å². The van der Waals surface area contributed by atoms with Crippen molar-refractivity contribution in [3.8, 4) is 5.75 Å². The number of nitrogens with zero attached hydrogens (tertiary/aromatic N) is 1. The fraction of sp³-hybridized carbons (Fsp3) is 0.440. The second-order valence-electron chi connectivity index (χ2n) is 9.86. The Morgan fingerprint density at radius 3 is 2.36 bits per heavy atom. The van der Waals surface area contributed by atoms with Gasteiger partial charge in [0, 0.05) is 11.3 Å². The first kappa shape index (κ1) is 29.5. The fourth-order valence-corrected chi connectivity index (χ4v) is 5.17. The largest absolute Gasteiger partial charge is 0.508 e. The predicted molar refractivity (Wildman–Crippen MR) is 136 cm³/mol. The van der Waals surface area contributed by atoms with Gasteiger partial charge in [-0.25, -0.2) is 9.59 Å². The number of β-lactam (4-membered cyclic amide) rings is 1. The van der Waals surface area contributed by atoms with Crippen LogP contribution in [0.15, 0.2) is 35.5 Å². The quantitative estimate of drug-likeness (QED) is 0.192. The maximum Gasteiger partial charge on any atom is 0.408 e. The molecule has 0 saturated carbocycles. The number of thioether (sulfide) groups is 1. The minimum atomic E-state index is -1.41.